The van der Waals surface area contributed by atoms with E-state index in [0.29, 0.717) is 35.6 Å². The molecule has 1 aromatic carbocycles. The van der Waals surface area contributed by atoms with E-state index in [1.165, 1.54) is 4.57 Å². The first-order chi connectivity index (χ1) is 13.5. The van der Waals surface area contributed by atoms with E-state index in [1.807, 2.05) is 4.90 Å². The first-order valence-corrected chi connectivity index (χ1v) is 9.66. The highest BCUT2D eigenvalue weighted by Gasteiger charge is 2.43. The number of nitrogens with zero attached hydrogens (tertiary/aromatic N) is 2. The number of rotatable bonds is 2. The number of pyridine rings is 1. The molecule has 7 nitrogen and oxygen atoms in total. The van der Waals surface area contributed by atoms with Crippen LogP contribution in [0.2, 0.25) is 0 Å². The Labute approximate surface area is 162 Å². The molecule has 3 aliphatic heterocycles. The van der Waals surface area contributed by atoms with E-state index in [-0.39, 0.29) is 42.0 Å². The molecule has 2 fully saturated rings. The summed E-state index contributed by atoms with van der Waals surface area (Å²) in [6, 6.07) is 7.10. The van der Waals surface area contributed by atoms with Crippen LogP contribution in [0.5, 0.6) is 11.5 Å². The van der Waals surface area contributed by atoms with Crippen molar-refractivity contribution >= 4 is 5.91 Å². The average Bonchev–Trinajstić information content (AvgIpc) is 3.23. The van der Waals surface area contributed by atoms with Crippen LogP contribution in [0.4, 0.5) is 0 Å². The molecule has 3 aliphatic rings. The molecule has 0 spiro atoms. The summed E-state index contributed by atoms with van der Waals surface area (Å²) in [5.74, 6) is 1.00. The summed E-state index contributed by atoms with van der Waals surface area (Å²) in [6.45, 7) is 1.95. The van der Waals surface area contributed by atoms with Gasteiger partial charge in [-0.05, 0) is 56.4 Å². The zero-order chi connectivity index (χ0) is 19.4. The maximum Gasteiger partial charge on any atom is 0.268 e. The predicted molar refractivity (Wildman–Crippen MR) is 101 cm³/mol. The van der Waals surface area contributed by atoms with Crippen molar-refractivity contribution in [1.29, 1.82) is 0 Å². The highest BCUT2D eigenvalue weighted by atomic mass is 16.7. The molecule has 2 saturated heterocycles. The second-order valence-corrected chi connectivity index (χ2v) is 7.81. The van der Waals surface area contributed by atoms with Gasteiger partial charge in [-0.1, -0.05) is 0 Å². The molecule has 1 unspecified atom stereocenters. The van der Waals surface area contributed by atoms with Crippen molar-refractivity contribution in [2.75, 3.05) is 6.79 Å². The lowest BCUT2D eigenvalue weighted by Gasteiger charge is -2.37. The van der Waals surface area contributed by atoms with E-state index in [1.54, 1.807) is 37.4 Å². The zero-order valence-electron chi connectivity index (χ0n) is 15.6. The molecule has 0 aliphatic carbocycles. The fraction of sp³-hybridized carbons (Fsp3) is 0.429. The third-order valence-corrected chi connectivity index (χ3v) is 6.09. The van der Waals surface area contributed by atoms with Gasteiger partial charge in [0.25, 0.3) is 11.5 Å². The minimum atomic E-state index is -0.358. The molecule has 5 rings (SSSR count). The number of carbonyl (C=O) groups is 1. The molecule has 3 atom stereocenters. The molecule has 28 heavy (non-hydrogen) atoms. The third kappa shape index (κ3) is 2.61. The number of benzene rings is 1. The van der Waals surface area contributed by atoms with Crippen molar-refractivity contribution in [3.63, 3.8) is 0 Å². The van der Waals surface area contributed by atoms with Crippen LogP contribution in [0, 0.1) is 6.92 Å². The average molecular weight is 382 g/mol. The molecular weight excluding hydrogens is 360 g/mol. The molecule has 4 heterocycles. The third-order valence-electron chi connectivity index (χ3n) is 6.09. The van der Waals surface area contributed by atoms with Crippen LogP contribution in [0.15, 0.2) is 35.3 Å². The molecule has 146 valence electrons. The highest BCUT2D eigenvalue weighted by Crippen LogP contribution is 2.37. The Morgan fingerprint density at radius 1 is 1.11 bits per heavy atom. The minimum Gasteiger partial charge on any atom is -0.454 e. The molecule has 1 N–H and O–H groups in total. The van der Waals surface area contributed by atoms with Crippen molar-refractivity contribution in [2.45, 2.75) is 50.8 Å². The summed E-state index contributed by atoms with van der Waals surface area (Å²) in [6.07, 6.45) is 4.27. The Bertz CT molecular complexity index is 1000. The first kappa shape index (κ1) is 17.3. The molecular formula is C21H22N2O5. The number of ether oxygens (including phenoxy) is 2. The van der Waals surface area contributed by atoms with Gasteiger partial charge in [0.15, 0.2) is 11.5 Å². The number of hydrogen-bond donors (Lipinski definition) is 1. The van der Waals surface area contributed by atoms with Crippen LogP contribution in [0.1, 0.15) is 41.6 Å². The number of aliphatic hydroxyl groups is 1. The summed E-state index contributed by atoms with van der Waals surface area (Å²) in [7, 11) is 0. The topological polar surface area (TPSA) is 81.0 Å². The maximum atomic E-state index is 13.4. The number of carbonyl (C=O) groups excluding carboxylic acids is 1. The number of amides is 1. The molecule has 1 amide bonds. The summed E-state index contributed by atoms with van der Waals surface area (Å²) < 4.78 is 12.2. The SMILES string of the molecule is Cc1ccn(-c2ccc3c(c2)OCO3)c(=O)c1C(=O)N1[C@@H]2CC[C@H]1CC(O)C2. The lowest BCUT2D eigenvalue weighted by Crippen LogP contribution is -2.49. The van der Waals surface area contributed by atoms with E-state index >= 15 is 0 Å². The largest absolute Gasteiger partial charge is 0.454 e. The van der Waals surface area contributed by atoms with Crippen molar-refractivity contribution < 1.29 is 19.4 Å². The first-order valence-electron chi connectivity index (χ1n) is 9.66. The number of hydrogen-bond acceptors (Lipinski definition) is 5. The Hall–Kier alpha value is -2.80. The number of fused-ring (bicyclic) bond motifs is 3. The van der Waals surface area contributed by atoms with E-state index in [0.717, 1.165) is 12.8 Å². The van der Waals surface area contributed by atoms with Crippen molar-refractivity contribution in [3.8, 4) is 17.2 Å². The number of aryl methyl sites for hydroxylation is 1. The van der Waals surface area contributed by atoms with Crippen LogP contribution in [0.25, 0.3) is 5.69 Å². The second kappa shape index (κ2) is 6.38. The summed E-state index contributed by atoms with van der Waals surface area (Å²) >= 11 is 0. The summed E-state index contributed by atoms with van der Waals surface area (Å²) in [5.41, 5.74) is 1.15. The zero-order valence-corrected chi connectivity index (χ0v) is 15.6. The normalized spacial score (nSPS) is 25.2. The lowest BCUT2D eigenvalue weighted by molar-refractivity contribution is 0.0285. The van der Waals surface area contributed by atoms with Gasteiger partial charge >= 0.3 is 0 Å². The van der Waals surface area contributed by atoms with Crippen LogP contribution in [-0.2, 0) is 0 Å². The fourth-order valence-electron chi connectivity index (χ4n) is 4.73. The Morgan fingerprint density at radius 2 is 1.82 bits per heavy atom. The highest BCUT2D eigenvalue weighted by molar-refractivity contribution is 5.96. The maximum absolute atomic E-state index is 13.4. The van der Waals surface area contributed by atoms with Gasteiger partial charge in [0.1, 0.15) is 5.56 Å². The number of aromatic nitrogens is 1. The van der Waals surface area contributed by atoms with Crippen molar-refractivity contribution in [3.05, 3.63) is 51.9 Å². The van der Waals surface area contributed by atoms with Crippen LogP contribution < -0.4 is 15.0 Å². The molecule has 0 radical (unpaired) electrons. The van der Waals surface area contributed by atoms with E-state index < -0.39 is 0 Å². The number of piperidine rings is 1. The summed E-state index contributed by atoms with van der Waals surface area (Å²) in [4.78, 5) is 28.5. The van der Waals surface area contributed by atoms with Gasteiger partial charge in [0.05, 0.1) is 11.8 Å². The number of aliphatic hydroxyl groups excluding tert-OH is 1. The molecule has 1 aromatic heterocycles. The second-order valence-electron chi connectivity index (χ2n) is 7.81. The summed E-state index contributed by atoms with van der Waals surface area (Å²) in [5, 5.41) is 10.0. The fourth-order valence-corrected chi connectivity index (χ4v) is 4.73. The van der Waals surface area contributed by atoms with Gasteiger partial charge in [-0.15, -0.1) is 0 Å². The van der Waals surface area contributed by atoms with E-state index in [9.17, 15) is 14.7 Å². The lowest BCUT2D eigenvalue weighted by atomic mass is 9.98. The Morgan fingerprint density at radius 3 is 2.57 bits per heavy atom. The van der Waals surface area contributed by atoms with Crippen molar-refractivity contribution in [1.82, 2.24) is 9.47 Å². The van der Waals surface area contributed by atoms with Gasteiger partial charge in [0.2, 0.25) is 6.79 Å². The molecule has 2 bridgehead atoms. The minimum absolute atomic E-state index is 0.0132. The Balaban J connectivity index is 1.55. The quantitative estimate of drug-likeness (QED) is 0.859. The van der Waals surface area contributed by atoms with Gasteiger partial charge in [0, 0.05) is 24.3 Å². The monoisotopic (exact) mass is 382 g/mol. The van der Waals surface area contributed by atoms with Crippen molar-refractivity contribution in [2.24, 2.45) is 0 Å². The smallest absolute Gasteiger partial charge is 0.268 e. The van der Waals surface area contributed by atoms with Gasteiger partial charge < -0.3 is 19.5 Å². The van der Waals surface area contributed by atoms with Gasteiger partial charge in [-0.25, -0.2) is 0 Å². The van der Waals surface area contributed by atoms with Crippen LogP contribution in [0.3, 0.4) is 0 Å². The van der Waals surface area contributed by atoms with Crippen LogP contribution in [-0.4, -0.2) is 45.5 Å². The Kier molecular flexibility index (Phi) is 3.94. The molecule has 0 saturated carbocycles. The standard InChI is InChI=1S/C21H22N2O5/c1-12-6-7-22(13-4-5-17-18(10-13)28-11-27-17)20(25)19(12)21(26)23-14-2-3-15(23)9-16(24)8-14/h4-7,10,14-16,24H,2-3,8-9,11H2,1H3/t14-,15+,16?. The van der Waals surface area contributed by atoms with Gasteiger partial charge in [-0.3, -0.25) is 14.2 Å². The molecule has 7 heteroatoms. The van der Waals surface area contributed by atoms with E-state index in [4.69, 9.17) is 9.47 Å². The van der Waals surface area contributed by atoms with E-state index in [2.05, 4.69) is 0 Å². The molecule has 2 aromatic rings. The van der Waals surface area contributed by atoms with Gasteiger partial charge in [-0.2, -0.15) is 0 Å². The van der Waals surface area contributed by atoms with Crippen LogP contribution >= 0.6 is 0 Å². The predicted octanol–water partition coefficient (Wildman–Crippen LogP) is 2.00.